The van der Waals surface area contributed by atoms with Gasteiger partial charge in [0.15, 0.2) is 12.6 Å². The van der Waals surface area contributed by atoms with Crippen LogP contribution < -0.4 is 0 Å². The minimum Gasteiger partial charge on any atom is -0.366 e. The van der Waals surface area contributed by atoms with E-state index in [0.29, 0.717) is 0 Å². The normalized spacial score (nSPS) is 39.8. The molecule has 1 heterocycles. The lowest BCUT2D eigenvalue weighted by atomic mass is 11.4. The zero-order chi connectivity index (χ0) is 5.98. The molecule has 1 aliphatic heterocycles. The van der Waals surface area contributed by atoms with Crippen LogP contribution in [0.15, 0.2) is 0 Å². The highest BCUT2D eigenvalue weighted by atomic mass is 16.9. The summed E-state index contributed by atoms with van der Waals surface area (Å²) < 4.78 is 9.14. The fourth-order valence-corrected chi connectivity index (χ4v) is 0.483. The molecule has 0 aromatic rings. The Morgan fingerprint density at radius 3 is 1.62 bits per heavy atom. The molecule has 0 radical (unpaired) electrons. The summed E-state index contributed by atoms with van der Waals surface area (Å²) in [5, 5.41) is 17.1. The van der Waals surface area contributed by atoms with Gasteiger partial charge >= 0.3 is 0 Å². The van der Waals surface area contributed by atoms with Crippen LogP contribution in [0.5, 0.6) is 0 Å². The first-order valence-electron chi connectivity index (χ1n) is 2.38. The summed E-state index contributed by atoms with van der Waals surface area (Å²) in [4.78, 5) is 0. The molecule has 0 spiro atoms. The number of ether oxygens (including phenoxy) is 2. The second kappa shape index (κ2) is 2.41. The quantitative estimate of drug-likeness (QED) is 0.393. The summed E-state index contributed by atoms with van der Waals surface area (Å²) >= 11 is 0. The zero-order valence-corrected chi connectivity index (χ0v) is 4.28. The molecule has 2 unspecified atom stereocenters. The molecule has 0 saturated carbocycles. The predicted octanol–water partition coefficient (Wildman–Crippen LogP) is -1.33. The molecule has 1 aliphatic rings. The minimum absolute atomic E-state index is 0.0567. The zero-order valence-electron chi connectivity index (χ0n) is 4.28. The Morgan fingerprint density at radius 2 is 1.38 bits per heavy atom. The third-order valence-corrected chi connectivity index (χ3v) is 0.862. The third kappa shape index (κ3) is 1.41. The van der Waals surface area contributed by atoms with Gasteiger partial charge in [0.25, 0.3) is 0 Å². The summed E-state index contributed by atoms with van der Waals surface area (Å²) in [6.45, 7) is 0.113. The number of aliphatic hydroxyl groups excluding tert-OH is 2. The molecule has 48 valence electrons. The van der Waals surface area contributed by atoms with Crippen LogP contribution in [0.2, 0.25) is 0 Å². The van der Waals surface area contributed by atoms with Gasteiger partial charge in [-0.3, -0.25) is 0 Å². The molecule has 0 bridgehead atoms. The van der Waals surface area contributed by atoms with Gasteiger partial charge in [-0.05, 0) is 0 Å². The molecular weight excluding hydrogens is 116 g/mol. The highest BCUT2D eigenvalue weighted by Gasteiger charge is 2.16. The van der Waals surface area contributed by atoms with Crippen LogP contribution in [0.4, 0.5) is 0 Å². The fraction of sp³-hybridized carbons (Fsp3) is 1.00. The van der Waals surface area contributed by atoms with Gasteiger partial charge < -0.3 is 19.7 Å². The Morgan fingerprint density at radius 1 is 1.00 bits per heavy atom. The highest BCUT2D eigenvalue weighted by molar-refractivity contribution is 4.48. The first-order valence-corrected chi connectivity index (χ1v) is 2.38. The van der Waals surface area contributed by atoms with Gasteiger partial charge in [-0.25, -0.2) is 0 Å². The largest absolute Gasteiger partial charge is 0.366 e. The molecule has 4 heteroatoms. The molecule has 0 aromatic carbocycles. The summed E-state index contributed by atoms with van der Waals surface area (Å²) in [6, 6.07) is 0. The monoisotopic (exact) mass is 124 g/mol. The Kier molecular flexibility index (Phi) is 1.80. The van der Waals surface area contributed by atoms with Crippen molar-refractivity contribution in [2.24, 2.45) is 0 Å². The number of hydrogen-bond donors (Lipinski definition) is 2. The lowest BCUT2D eigenvalue weighted by Crippen LogP contribution is -2.34. The average Bonchev–Trinajstić information content (AvgIpc) is 1.77. The number of rotatable bonds is 0. The first-order chi connectivity index (χ1) is 3.79. The van der Waals surface area contributed by atoms with Crippen molar-refractivity contribution in [3.63, 3.8) is 0 Å². The fourth-order valence-electron chi connectivity index (χ4n) is 0.483. The van der Waals surface area contributed by atoms with E-state index in [1.807, 2.05) is 0 Å². The van der Waals surface area contributed by atoms with Crippen molar-refractivity contribution in [2.75, 3.05) is 13.2 Å². The van der Waals surface area contributed by atoms with Crippen LogP contribution >= 0.6 is 0 Å². The van der Waals surface area contributed by atoms with Gasteiger partial charge in [0.2, 0.25) is 0 Å². The molecule has 1 rings (SSSR count). The van der Waals surface area contributed by atoms with Gasteiger partial charge in [-0.15, -0.1) is 0 Å². The molecule has 1 saturated heterocycles. The summed E-state index contributed by atoms with van der Waals surface area (Å²) in [6.07, 6.45) is -1.73. The van der Waals surface area contributed by atoms with Crippen LogP contribution in [-0.4, -0.2) is 36.0 Å². The van der Waals surface area contributed by atoms with E-state index < -0.39 is 12.6 Å². The highest BCUT2D eigenvalue weighted by Crippen LogP contribution is 2.00. The van der Waals surface area contributed by atoms with Gasteiger partial charge in [0.1, 0.15) is 13.2 Å². The second-order valence-electron chi connectivity index (χ2n) is 1.58. The van der Waals surface area contributed by atoms with Crippen molar-refractivity contribution >= 4 is 0 Å². The molecular formula is C4H8O4. The van der Waals surface area contributed by atoms with Crippen LogP contribution in [0, 0.1) is 0 Å². The van der Waals surface area contributed by atoms with E-state index in [0.717, 1.165) is 0 Å². The maximum Gasteiger partial charge on any atom is 0.178 e. The van der Waals surface area contributed by atoms with Crippen LogP contribution in [-0.2, 0) is 9.47 Å². The molecule has 2 atom stereocenters. The van der Waals surface area contributed by atoms with E-state index in [2.05, 4.69) is 9.47 Å². The van der Waals surface area contributed by atoms with E-state index in [1.165, 1.54) is 0 Å². The average molecular weight is 124 g/mol. The predicted molar refractivity (Wildman–Crippen MR) is 23.9 cm³/mol. The Bertz CT molecular complexity index is 56.4. The molecule has 0 amide bonds. The maximum absolute atomic E-state index is 8.57. The molecule has 4 nitrogen and oxygen atoms in total. The molecule has 2 N–H and O–H groups in total. The molecule has 1 fully saturated rings. The third-order valence-electron chi connectivity index (χ3n) is 0.862. The molecule has 0 aliphatic carbocycles. The number of hydrogen-bond acceptors (Lipinski definition) is 4. The van der Waals surface area contributed by atoms with Crippen molar-refractivity contribution in [3.05, 3.63) is 0 Å². The summed E-state index contributed by atoms with van der Waals surface area (Å²) in [5.41, 5.74) is 0. The van der Waals surface area contributed by atoms with Crippen LogP contribution in [0.25, 0.3) is 0 Å². The maximum atomic E-state index is 8.57. The Balaban J connectivity index is 2.19. The number of aliphatic hydroxyl groups is 2. The lowest BCUT2D eigenvalue weighted by Gasteiger charge is -2.22. The van der Waals surface area contributed by atoms with Gasteiger partial charge in [-0.2, -0.15) is 0 Å². The van der Waals surface area contributed by atoms with Crippen molar-refractivity contribution in [1.29, 1.82) is 0 Å². The van der Waals surface area contributed by atoms with Crippen LogP contribution in [0.1, 0.15) is 0 Å². The van der Waals surface area contributed by atoms with Crippen molar-refractivity contribution in [2.45, 2.75) is 12.6 Å². The van der Waals surface area contributed by atoms with Gasteiger partial charge in [0, 0.05) is 0 Å². The lowest BCUT2D eigenvalue weighted by molar-refractivity contribution is -0.263. The van der Waals surface area contributed by atoms with Gasteiger partial charge in [0.05, 0.1) is 0 Å². The van der Waals surface area contributed by atoms with Crippen molar-refractivity contribution in [3.8, 4) is 0 Å². The summed E-state index contributed by atoms with van der Waals surface area (Å²) in [5.74, 6) is 0. The minimum atomic E-state index is -0.863. The summed E-state index contributed by atoms with van der Waals surface area (Å²) in [7, 11) is 0. The second-order valence-corrected chi connectivity index (χ2v) is 1.58. The van der Waals surface area contributed by atoms with E-state index in [1.54, 1.807) is 0 Å². The standard InChI is InChI=1S/C4H8O4/c5-3-1-7-4(6)2-8-3/h3-6H,1-2H2/i1+1,2+1,3+1,4+1. The smallest absolute Gasteiger partial charge is 0.178 e. The van der Waals surface area contributed by atoms with Gasteiger partial charge in [-0.1, -0.05) is 0 Å². The van der Waals surface area contributed by atoms with Crippen LogP contribution in [0.3, 0.4) is 0 Å². The molecule has 8 heavy (non-hydrogen) atoms. The van der Waals surface area contributed by atoms with Crippen molar-refractivity contribution < 1.29 is 19.7 Å². The van der Waals surface area contributed by atoms with E-state index in [-0.39, 0.29) is 13.2 Å². The van der Waals surface area contributed by atoms with Crippen molar-refractivity contribution in [1.82, 2.24) is 0 Å². The van der Waals surface area contributed by atoms with E-state index >= 15 is 0 Å². The first kappa shape index (κ1) is 5.97. The Labute approximate surface area is 46.6 Å². The Hall–Kier alpha value is -0.160. The van der Waals surface area contributed by atoms with E-state index in [9.17, 15) is 0 Å². The SMILES string of the molecule is O[13CH]1[13CH2]O[13CH](O)[13CH2]O1. The topological polar surface area (TPSA) is 58.9 Å². The molecule has 0 aromatic heterocycles. The van der Waals surface area contributed by atoms with E-state index in [4.69, 9.17) is 10.2 Å².